The van der Waals surface area contributed by atoms with Crippen molar-refractivity contribution in [1.82, 2.24) is 0 Å². The number of allylic oxidation sites excluding steroid dienone is 20. The standard InChI is InChI=1S/C83H142O17P2/c1-5-9-13-17-21-25-29-33-35-37-38-40-42-46-48-52-56-60-64-68-81(86)94-74-79(100-83(88)70-66-62-58-54-50-44-32-28-24-20-16-12-8-4)76-98-102(91,92)96-72-77(84)71-95-101(89,90)97-75-78(99-82(87)69-65-61-57-53-49-43-31-27-23-19-15-11-7-3)73-93-80(85)67-63-59-55-51-47-45-41-39-36-34-30-26-22-18-14-10-6-2/h9-10,13-15,19,21-22,25-28,31-36,38,40,77-79,84H,5-8,11-12,16-18,20,23-24,29-30,37,39,41-76H2,1-4H3,(H,89,90)(H,91,92)/b13-9-,14-10-,19-15-,25-21-,26-22-,31-27-,32-28-,35-33-,36-34-,40-38-. The number of hydrogen-bond donors (Lipinski definition) is 3. The average molecular weight is 1470 g/mol. The van der Waals surface area contributed by atoms with Crippen LogP contribution in [0.15, 0.2) is 122 Å². The Kier molecular flexibility index (Phi) is 71.4. The molecule has 0 aliphatic heterocycles. The Balaban J connectivity index is 5.35. The molecule has 0 spiro atoms. The summed E-state index contributed by atoms with van der Waals surface area (Å²) in [5, 5.41) is 10.6. The molecule has 0 aromatic rings. The Hall–Kier alpha value is -4.54. The number of rotatable bonds is 74. The molecule has 0 aliphatic carbocycles. The van der Waals surface area contributed by atoms with E-state index in [1.807, 2.05) is 0 Å². The van der Waals surface area contributed by atoms with Gasteiger partial charge in [0.1, 0.15) is 19.3 Å². The monoisotopic (exact) mass is 1470 g/mol. The number of carbonyl (C=O) groups excluding carboxylic acids is 4. The van der Waals surface area contributed by atoms with Crippen molar-refractivity contribution in [1.29, 1.82) is 0 Å². The molecule has 0 bridgehead atoms. The molecule has 0 fully saturated rings. The van der Waals surface area contributed by atoms with E-state index in [0.29, 0.717) is 25.7 Å². The van der Waals surface area contributed by atoms with E-state index in [9.17, 15) is 43.2 Å². The second-order valence-electron chi connectivity index (χ2n) is 26.2. The van der Waals surface area contributed by atoms with Crippen LogP contribution in [0.2, 0.25) is 0 Å². The number of phosphoric ester groups is 2. The average Bonchev–Trinajstić information content (AvgIpc) is 0.909. The summed E-state index contributed by atoms with van der Waals surface area (Å²) in [4.78, 5) is 73.0. The molecule has 0 heterocycles. The first-order valence-corrected chi connectivity index (χ1v) is 42.8. The van der Waals surface area contributed by atoms with Crippen LogP contribution in [0.5, 0.6) is 0 Å². The minimum absolute atomic E-state index is 0.0747. The van der Waals surface area contributed by atoms with Gasteiger partial charge in [0.05, 0.1) is 26.4 Å². The van der Waals surface area contributed by atoms with Gasteiger partial charge in [0.15, 0.2) is 12.2 Å². The van der Waals surface area contributed by atoms with Crippen molar-refractivity contribution < 1.29 is 80.2 Å². The summed E-state index contributed by atoms with van der Waals surface area (Å²) in [5.74, 6) is -2.22. The highest BCUT2D eigenvalue weighted by atomic mass is 31.2. The number of ether oxygens (including phenoxy) is 4. The lowest BCUT2D eigenvalue weighted by atomic mass is 10.1. The molecule has 0 aromatic heterocycles. The maximum atomic E-state index is 13.1. The SMILES string of the molecule is CC/C=C\C/C=C\C/C=C\C/C=C\CCCCCCCCC(=O)OCC(COP(=O)(O)OCC(O)COP(=O)(O)OCC(COC(=O)CCCCCCCCC/C=C\C/C=C\C/C=C\CC)OC(=O)CCCCCCC/C=C\C/C=C\CCC)OC(=O)CCCCCCC/C=C\CCCCCC. The Morgan fingerprint density at radius 1 is 0.284 bits per heavy atom. The zero-order chi connectivity index (χ0) is 74.6. The molecule has 102 heavy (non-hydrogen) atoms. The summed E-state index contributed by atoms with van der Waals surface area (Å²) < 4.78 is 68.6. The van der Waals surface area contributed by atoms with Crippen LogP contribution in [-0.2, 0) is 65.4 Å². The maximum Gasteiger partial charge on any atom is 0.472 e. The molecule has 0 saturated heterocycles. The molecule has 0 radical (unpaired) electrons. The van der Waals surface area contributed by atoms with Gasteiger partial charge < -0.3 is 33.8 Å². The van der Waals surface area contributed by atoms with Gasteiger partial charge in [-0.3, -0.25) is 37.3 Å². The van der Waals surface area contributed by atoms with E-state index in [-0.39, 0.29) is 25.7 Å². The minimum atomic E-state index is -4.98. The summed E-state index contributed by atoms with van der Waals surface area (Å²) in [6.07, 6.45) is 81.7. The molecule has 586 valence electrons. The van der Waals surface area contributed by atoms with Gasteiger partial charge in [-0.05, 0) is 148 Å². The van der Waals surface area contributed by atoms with Crippen molar-refractivity contribution in [2.45, 2.75) is 341 Å². The number of hydrogen-bond acceptors (Lipinski definition) is 15. The van der Waals surface area contributed by atoms with E-state index in [2.05, 4.69) is 149 Å². The summed E-state index contributed by atoms with van der Waals surface area (Å²) in [7, 11) is -9.97. The zero-order valence-corrected chi connectivity index (χ0v) is 65.8. The van der Waals surface area contributed by atoms with E-state index in [0.717, 1.165) is 218 Å². The fourth-order valence-corrected chi connectivity index (χ4v) is 12.0. The zero-order valence-electron chi connectivity index (χ0n) is 64.0. The molecule has 0 saturated carbocycles. The van der Waals surface area contributed by atoms with Gasteiger partial charge >= 0.3 is 39.5 Å². The normalized spacial score (nSPS) is 14.5. The van der Waals surface area contributed by atoms with Crippen molar-refractivity contribution in [3.63, 3.8) is 0 Å². The number of phosphoric acid groups is 2. The highest BCUT2D eigenvalue weighted by Gasteiger charge is 2.30. The van der Waals surface area contributed by atoms with Crippen molar-refractivity contribution in [2.75, 3.05) is 39.6 Å². The van der Waals surface area contributed by atoms with E-state index >= 15 is 0 Å². The molecular formula is C83H142O17P2. The summed E-state index contributed by atoms with van der Waals surface area (Å²) in [5.41, 5.74) is 0. The second-order valence-corrected chi connectivity index (χ2v) is 29.1. The molecule has 17 nitrogen and oxygen atoms in total. The van der Waals surface area contributed by atoms with Crippen LogP contribution in [0.1, 0.15) is 323 Å². The Labute approximate surface area is 619 Å². The molecule has 0 aliphatic rings. The van der Waals surface area contributed by atoms with Crippen LogP contribution in [0, 0.1) is 0 Å². The number of aliphatic hydroxyl groups excluding tert-OH is 1. The van der Waals surface area contributed by atoms with Gasteiger partial charge in [0, 0.05) is 25.7 Å². The Morgan fingerprint density at radius 2 is 0.529 bits per heavy atom. The number of carbonyl (C=O) groups is 4. The van der Waals surface area contributed by atoms with Crippen LogP contribution in [-0.4, -0.2) is 96.7 Å². The first-order chi connectivity index (χ1) is 49.7. The number of unbranched alkanes of at least 4 members (excludes halogenated alkanes) is 28. The molecule has 0 aromatic carbocycles. The summed E-state index contributed by atoms with van der Waals surface area (Å²) in [6.45, 7) is 4.54. The predicted molar refractivity (Wildman–Crippen MR) is 418 cm³/mol. The van der Waals surface area contributed by atoms with E-state index < -0.39 is 97.5 Å². The topological polar surface area (TPSA) is 237 Å². The lowest BCUT2D eigenvalue weighted by Gasteiger charge is -2.21. The molecular weight excluding hydrogens is 1330 g/mol. The van der Waals surface area contributed by atoms with Gasteiger partial charge in [-0.1, -0.05) is 271 Å². The Morgan fingerprint density at radius 3 is 0.833 bits per heavy atom. The highest BCUT2D eigenvalue weighted by molar-refractivity contribution is 7.47. The second kappa shape index (κ2) is 74.7. The van der Waals surface area contributed by atoms with Crippen LogP contribution in [0.25, 0.3) is 0 Å². The van der Waals surface area contributed by atoms with Crippen molar-refractivity contribution in [3.05, 3.63) is 122 Å². The van der Waals surface area contributed by atoms with Crippen molar-refractivity contribution >= 4 is 39.5 Å². The minimum Gasteiger partial charge on any atom is -0.462 e. The largest absolute Gasteiger partial charge is 0.472 e. The number of aliphatic hydroxyl groups is 1. The van der Waals surface area contributed by atoms with Gasteiger partial charge in [-0.15, -0.1) is 0 Å². The lowest BCUT2D eigenvalue weighted by molar-refractivity contribution is -0.161. The summed E-state index contributed by atoms with van der Waals surface area (Å²) >= 11 is 0. The van der Waals surface area contributed by atoms with Gasteiger partial charge in [0.2, 0.25) is 0 Å². The van der Waals surface area contributed by atoms with Crippen molar-refractivity contribution in [2.24, 2.45) is 0 Å². The van der Waals surface area contributed by atoms with Crippen molar-refractivity contribution in [3.8, 4) is 0 Å². The lowest BCUT2D eigenvalue weighted by Crippen LogP contribution is -2.30. The van der Waals surface area contributed by atoms with Gasteiger partial charge in [-0.2, -0.15) is 0 Å². The van der Waals surface area contributed by atoms with Crippen LogP contribution in [0.3, 0.4) is 0 Å². The van der Waals surface area contributed by atoms with Gasteiger partial charge in [0.25, 0.3) is 0 Å². The van der Waals surface area contributed by atoms with Crippen LogP contribution < -0.4 is 0 Å². The smallest absolute Gasteiger partial charge is 0.462 e. The summed E-state index contributed by atoms with van der Waals surface area (Å²) in [6, 6.07) is 0. The molecule has 0 rings (SSSR count). The van der Waals surface area contributed by atoms with Gasteiger partial charge in [-0.25, -0.2) is 9.13 Å². The molecule has 3 N–H and O–H groups in total. The van der Waals surface area contributed by atoms with E-state index in [4.69, 9.17) is 37.0 Å². The molecule has 5 atom stereocenters. The maximum absolute atomic E-state index is 13.1. The first kappa shape index (κ1) is 97.5. The first-order valence-electron chi connectivity index (χ1n) is 39.8. The molecule has 5 unspecified atom stereocenters. The Bertz CT molecular complexity index is 2410. The van der Waals surface area contributed by atoms with Crippen LogP contribution in [0.4, 0.5) is 0 Å². The quantitative estimate of drug-likeness (QED) is 0.0169. The van der Waals surface area contributed by atoms with E-state index in [1.165, 1.54) is 25.7 Å². The third-order valence-electron chi connectivity index (χ3n) is 16.4. The number of esters is 4. The third kappa shape index (κ3) is 73.8. The fourth-order valence-electron chi connectivity index (χ4n) is 10.4. The van der Waals surface area contributed by atoms with Crippen LogP contribution >= 0.6 is 15.6 Å². The third-order valence-corrected chi connectivity index (χ3v) is 18.3. The molecule has 19 heteroatoms. The fraction of sp³-hybridized carbons (Fsp3) is 0.711. The highest BCUT2D eigenvalue weighted by Crippen LogP contribution is 2.45. The predicted octanol–water partition coefficient (Wildman–Crippen LogP) is 23.1. The molecule has 0 amide bonds. The van der Waals surface area contributed by atoms with E-state index in [1.54, 1.807) is 0 Å².